The Morgan fingerprint density at radius 1 is 0.500 bits per heavy atom. The van der Waals surface area contributed by atoms with Crippen molar-refractivity contribution >= 4 is 32.8 Å². The van der Waals surface area contributed by atoms with Gasteiger partial charge in [-0.05, 0) is 77.9 Å². The minimum absolute atomic E-state index is 0.651. The average molecular weight is 592 g/mol. The van der Waals surface area contributed by atoms with Crippen LogP contribution in [0.1, 0.15) is 0 Å². The number of rotatable bonds is 5. The Balaban J connectivity index is 1.21. The van der Waals surface area contributed by atoms with Crippen molar-refractivity contribution in [3.63, 3.8) is 0 Å². The van der Waals surface area contributed by atoms with Gasteiger partial charge in [0.1, 0.15) is 5.58 Å². The van der Waals surface area contributed by atoms with E-state index in [0.717, 1.165) is 77.7 Å². The average Bonchev–Trinajstić information content (AvgIpc) is 3.75. The summed E-state index contributed by atoms with van der Waals surface area (Å²) < 4.78 is 8.28. The molecule has 4 aromatic carbocycles. The molecule has 0 aliphatic rings. The van der Waals surface area contributed by atoms with E-state index in [9.17, 15) is 0 Å². The van der Waals surface area contributed by atoms with Gasteiger partial charge in [0.15, 0.2) is 5.82 Å². The van der Waals surface area contributed by atoms with Crippen molar-refractivity contribution in [3.05, 3.63) is 152 Å². The van der Waals surface area contributed by atoms with Crippen LogP contribution < -0.4 is 0 Å². The van der Waals surface area contributed by atoms with E-state index >= 15 is 0 Å². The Hall–Kier alpha value is -6.40. The first-order chi connectivity index (χ1) is 22.8. The molecule has 6 heteroatoms. The minimum Gasteiger partial charge on any atom is -0.464 e. The van der Waals surface area contributed by atoms with Gasteiger partial charge in [-0.2, -0.15) is 0 Å². The molecule has 0 saturated heterocycles. The second kappa shape index (κ2) is 10.6. The number of para-hydroxylation sites is 1. The normalized spacial score (nSPS) is 11.5. The van der Waals surface area contributed by atoms with Crippen molar-refractivity contribution in [2.24, 2.45) is 0 Å². The molecule has 0 fully saturated rings. The highest BCUT2D eigenvalue weighted by Gasteiger charge is 2.17. The van der Waals surface area contributed by atoms with Gasteiger partial charge in [0, 0.05) is 57.9 Å². The smallest absolute Gasteiger partial charge is 0.160 e. The molecule has 6 nitrogen and oxygen atoms in total. The zero-order chi connectivity index (χ0) is 30.5. The number of benzene rings is 4. The van der Waals surface area contributed by atoms with Crippen molar-refractivity contribution in [2.75, 3.05) is 0 Å². The standard InChI is InChI=1S/C40H25N5O/c1-2-7-36-33(6-1)38-37(13-12-30-18-23-46-39(30)38)45(36)32-5-3-4-31(24-32)40-43-34(25-35(44-40)29-16-21-42-22-17-29)28-10-8-26(9-11-28)27-14-19-41-20-15-27/h1-25H. The van der Waals surface area contributed by atoms with Crippen molar-refractivity contribution in [3.8, 4) is 50.7 Å². The van der Waals surface area contributed by atoms with Gasteiger partial charge in [-0.3, -0.25) is 9.97 Å². The summed E-state index contributed by atoms with van der Waals surface area (Å²) in [6.45, 7) is 0. The summed E-state index contributed by atoms with van der Waals surface area (Å²) in [5.41, 5.74) is 11.0. The first kappa shape index (κ1) is 26.0. The van der Waals surface area contributed by atoms with Crippen molar-refractivity contribution in [2.45, 2.75) is 0 Å². The lowest BCUT2D eigenvalue weighted by Crippen LogP contribution is -1.98. The van der Waals surface area contributed by atoms with Gasteiger partial charge in [0.05, 0.1) is 34.1 Å². The van der Waals surface area contributed by atoms with Crippen LogP contribution in [-0.4, -0.2) is 24.5 Å². The molecule has 0 aliphatic heterocycles. The summed E-state index contributed by atoms with van der Waals surface area (Å²) in [6, 6.07) is 41.7. The van der Waals surface area contributed by atoms with Crippen LogP contribution in [0.2, 0.25) is 0 Å². The van der Waals surface area contributed by atoms with Crippen LogP contribution in [-0.2, 0) is 0 Å². The quantitative estimate of drug-likeness (QED) is 0.199. The Kier molecular flexibility index (Phi) is 6.03. The summed E-state index contributed by atoms with van der Waals surface area (Å²) >= 11 is 0. The zero-order valence-electron chi connectivity index (χ0n) is 24.6. The predicted octanol–water partition coefficient (Wildman–Crippen LogP) is 9.78. The highest BCUT2D eigenvalue weighted by Crippen LogP contribution is 2.38. The van der Waals surface area contributed by atoms with E-state index in [2.05, 4.69) is 99.5 Å². The topological polar surface area (TPSA) is 69.6 Å². The molecule has 0 unspecified atom stereocenters. The second-order valence-electron chi connectivity index (χ2n) is 11.2. The molecule has 46 heavy (non-hydrogen) atoms. The highest BCUT2D eigenvalue weighted by molar-refractivity contribution is 6.19. The van der Waals surface area contributed by atoms with E-state index in [-0.39, 0.29) is 0 Å². The Morgan fingerprint density at radius 2 is 1.17 bits per heavy atom. The number of nitrogens with zero attached hydrogens (tertiary/aromatic N) is 5. The number of aromatic nitrogens is 5. The third-order valence-electron chi connectivity index (χ3n) is 8.51. The molecule has 0 radical (unpaired) electrons. The molecule has 0 bridgehead atoms. The highest BCUT2D eigenvalue weighted by atomic mass is 16.3. The summed E-state index contributed by atoms with van der Waals surface area (Å²) in [4.78, 5) is 18.6. The van der Waals surface area contributed by atoms with Crippen LogP contribution in [0.25, 0.3) is 83.5 Å². The fraction of sp³-hybridized carbons (Fsp3) is 0. The van der Waals surface area contributed by atoms with Gasteiger partial charge in [-0.25, -0.2) is 9.97 Å². The van der Waals surface area contributed by atoms with Crippen LogP contribution in [0.4, 0.5) is 0 Å². The van der Waals surface area contributed by atoms with Crippen molar-refractivity contribution in [1.82, 2.24) is 24.5 Å². The molecule has 216 valence electrons. The fourth-order valence-corrected chi connectivity index (χ4v) is 6.31. The minimum atomic E-state index is 0.651. The number of hydrogen-bond acceptors (Lipinski definition) is 5. The van der Waals surface area contributed by atoms with Crippen LogP contribution >= 0.6 is 0 Å². The molecule has 0 N–H and O–H groups in total. The van der Waals surface area contributed by atoms with E-state index in [1.807, 2.05) is 48.8 Å². The number of fused-ring (bicyclic) bond motifs is 5. The van der Waals surface area contributed by atoms with Crippen LogP contribution in [0, 0.1) is 0 Å². The molecule has 5 aromatic heterocycles. The van der Waals surface area contributed by atoms with Gasteiger partial charge < -0.3 is 8.98 Å². The Bertz CT molecular complexity index is 2520. The SMILES string of the molecule is c1cc(-c2nc(-c3ccncc3)cc(-c3ccc(-c4ccncc4)cc3)n2)cc(-n2c3ccccc3c3c4occc4ccc32)c1. The van der Waals surface area contributed by atoms with E-state index in [1.54, 1.807) is 18.7 Å². The summed E-state index contributed by atoms with van der Waals surface area (Å²) in [5, 5.41) is 3.35. The lowest BCUT2D eigenvalue weighted by Gasteiger charge is -2.12. The number of hydrogen-bond donors (Lipinski definition) is 0. The fourth-order valence-electron chi connectivity index (χ4n) is 6.31. The molecule has 5 heterocycles. The van der Waals surface area contributed by atoms with E-state index in [1.165, 1.54) is 0 Å². The van der Waals surface area contributed by atoms with Crippen molar-refractivity contribution in [1.29, 1.82) is 0 Å². The van der Waals surface area contributed by atoms with E-state index in [4.69, 9.17) is 14.4 Å². The summed E-state index contributed by atoms with van der Waals surface area (Å²) in [7, 11) is 0. The van der Waals surface area contributed by atoms with Crippen molar-refractivity contribution < 1.29 is 4.42 Å². The molecular weight excluding hydrogens is 566 g/mol. The number of furan rings is 1. The molecule has 9 aromatic rings. The van der Waals surface area contributed by atoms with Crippen LogP contribution in [0.15, 0.2) is 157 Å². The zero-order valence-corrected chi connectivity index (χ0v) is 24.6. The third kappa shape index (κ3) is 4.35. The maximum Gasteiger partial charge on any atom is 0.160 e. The van der Waals surface area contributed by atoms with E-state index < -0.39 is 0 Å². The summed E-state index contributed by atoms with van der Waals surface area (Å²) in [6.07, 6.45) is 8.96. The second-order valence-corrected chi connectivity index (χ2v) is 11.2. The predicted molar refractivity (Wildman–Crippen MR) is 183 cm³/mol. The maximum absolute atomic E-state index is 5.98. The lowest BCUT2D eigenvalue weighted by atomic mass is 10.0. The molecule has 0 atom stereocenters. The van der Waals surface area contributed by atoms with Crippen LogP contribution in [0.5, 0.6) is 0 Å². The monoisotopic (exact) mass is 591 g/mol. The largest absolute Gasteiger partial charge is 0.464 e. The number of pyridine rings is 2. The molecule has 9 rings (SSSR count). The third-order valence-corrected chi connectivity index (χ3v) is 8.51. The molecule has 0 amide bonds. The summed E-state index contributed by atoms with van der Waals surface area (Å²) in [5.74, 6) is 0.651. The molecular formula is C40H25N5O. The Morgan fingerprint density at radius 3 is 1.96 bits per heavy atom. The molecule has 0 spiro atoms. The van der Waals surface area contributed by atoms with Gasteiger partial charge in [-0.1, -0.05) is 54.6 Å². The van der Waals surface area contributed by atoms with Gasteiger partial charge in [0.25, 0.3) is 0 Å². The first-order valence-electron chi connectivity index (χ1n) is 15.1. The molecule has 0 saturated carbocycles. The van der Waals surface area contributed by atoms with Gasteiger partial charge in [0.2, 0.25) is 0 Å². The first-order valence-corrected chi connectivity index (χ1v) is 15.1. The molecule has 0 aliphatic carbocycles. The lowest BCUT2D eigenvalue weighted by molar-refractivity contribution is 0.619. The van der Waals surface area contributed by atoms with E-state index in [0.29, 0.717) is 5.82 Å². The Labute approximate surface area is 264 Å². The maximum atomic E-state index is 5.98. The van der Waals surface area contributed by atoms with Gasteiger partial charge >= 0.3 is 0 Å². The van der Waals surface area contributed by atoms with Gasteiger partial charge in [-0.15, -0.1) is 0 Å². The van der Waals surface area contributed by atoms with Crippen LogP contribution in [0.3, 0.4) is 0 Å².